The average Bonchev–Trinajstić information content (AvgIpc) is 2.15. The molecular weight excluding hydrogens is 214 g/mol. The van der Waals surface area contributed by atoms with Crippen LogP contribution >= 0.6 is 0 Å². The van der Waals surface area contributed by atoms with E-state index in [0.717, 1.165) is 7.11 Å². The van der Waals surface area contributed by atoms with Crippen LogP contribution in [0.3, 0.4) is 0 Å². The molecule has 1 aromatic rings. The molecule has 0 aliphatic rings. The summed E-state index contributed by atoms with van der Waals surface area (Å²) < 4.78 is 29.3. The Morgan fingerprint density at radius 3 is 2.60 bits per heavy atom. The van der Waals surface area contributed by atoms with Gasteiger partial charge in [-0.3, -0.25) is 14.9 Å². The van der Waals surface area contributed by atoms with Crippen LogP contribution in [-0.4, -0.2) is 17.0 Å². The van der Waals surface area contributed by atoms with Crippen molar-refractivity contribution in [1.29, 1.82) is 0 Å². The Hall–Kier alpha value is -1.99. The highest BCUT2D eigenvalue weighted by Crippen LogP contribution is 2.24. The maximum atomic E-state index is 12.4. The van der Waals surface area contributed by atoms with Crippen molar-refractivity contribution in [3.05, 3.63) is 32.1 Å². The molecule has 0 fully saturated rings. The highest BCUT2D eigenvalue weighted by molar-refractivity contribution is 5.38. The number of hydrogen-bond acceptors (Lipinski definition) is 4. The topological polar surface area (TPSA) is 85.2 Å². The van der Waals surface area contributed by atoms with E-state index in [2.05, 4.69) is 9.72 Å². The number of aromatic nitrogens is 1. The molecule has 0 radical (unpaired) electrons. The molecule has 0 aromatic carbocycles. The van der Waals surface area contributed by atoms with Gasteiger partial charge in [0.1, 0.15) is 5.56 Å². The molecule has 15 heavy (non-hydrogen) atoms. The summed E-state index contributed by atoms with van der Waals surface area (Å²) in [5, 5.41) is 10.3. The minimum Gasteiger partial charge on any atom is -0.482 e. The molecule has 0 saturated heterocycles. The number of nitrogens with one attached hydrogen (secondary N) is 1. The maximum Gasteiger partial charge on any atom is 0.332 e. The van der Waals surface area contributed by atoms with Gasteiger partial charge in [0.2, 0.25) is 5.88 Å². The van der Waals surface area contributed by atoms with Gasteiger partial charge in [0, 0.05) is 0 Å². The zero-order valence-corrected chi connectivity index (χ0v) is 7.49. The number of ether oxygens (including phenoxy) is 1. The fourth-order valence-corrected chi connectivity index (χ4v) is 1.02. The van der Waals surface area contributed by atoms with Gasteiger partial charge in [-0.2, -0.15) is 0 Å². The highest BCUT2D eigenvalue weighted by Gasteiger charge is 2.25. The normalized spacial score (nSPS) is 10.4. The second-order valence-corrected chi connectivity index (χ2v) is 2.51. The fraction of sp³-hybridized carbons (Fsp3) is 0.286. The molecule has 0 aliphatic carbocycles. The Morgan fingerprint density at radius 2 is 2.20 bits per heavy atom. The van der Waals surface area contributed by atoms with Crippen LogP contribution in [0.15, 0.2) is 11.0 Å². The van der Waals surface area contributed by atoms with Crippen molar-refractivity contribution in [2.24, 2.45) is 0 Å². The summed E-state index contributed by atoms with van der Waals surface area (Å²) in [6, 6.07) is 0. The van der Waals surface area contributed by atoms with E-state index < -0.39 is 33.9 Å². The first-order valence-corrected chi connectivity index (χ1v) is 3.71. The van der Waals surface area contributed by atoms with E-state index in [0.29, 0.717) is 6.20 Å². The Kier molecular flexibility index (Phi) is 2.98. The van der Waals surface area contributed by atoms with E-state index in [1.54, 1.807) is 0 Å². The van der Waals surface area contributed by atoms with Gasteiger partial charge in [0.05, 0.1) is 18.2 Å². The Morgan fingerprint density at radius 1 is 1.60 bits per heavy atom. The number of pyridine rings is 1. The lowest BCUT2D eigenvalue weighted by Gasteiger charge is -2.05. The van der Waals surface area contributed by atoms with E-state index in [9.17, 15) is 23.7 Å². The number of rotatable bonds is 3. The van der Waals surface area contributed by atoms with Crippen LogP contribution in [0.4, 0.5) is 14.5 Å². The van der Waals surface area contributed by atoms with Gasteiger partial charge in [-0.05, 0) is 0 Å². The van der Waals surface area contributed by atoms with Crippen molar-refractivity contribution in [1.82, 2.24) is 4.98 Å². The van der Waals surface area contributed by atoms with Crippen molar-refractivity contribution in [2.75, 3.05) is 7.11 Å². The third kappa shape index (κ3) is 1.92. The SMILES string of the molecule is COc1[nH]cc([N+](=O)[O-])c(=O)c1C(F)F. The molecule has 1 heterocycles. The van der Waals surface area contributed by atoms with Crippen LogP contribution in [0.5, 0.6) is 5.88 Å². The van der Waals surface area contributed by atoms with Crippen LogP contribution in [0, 0.1) is 10.1 Å². The summed E-state index contributed by atoms with van der Waals surface area (Å²) >= 11 is 0. The predicted octanol–water partition coefficient (Wildman–Crippen LogP) is 1.23. The number of H-pyrrole nitrogens is 1. The zero-order valence-electron chi connectivity index (χ0n) is 7.49. The molecular formula is C7H6F2N2O4. The van der Waals surface area contributed by atoms with Crippen LogP contribution in [0.2, 0.25) is 0 Å². The fourth-order valence-electron chi connectivity index (χ4n) is 1.02. The number of nitrogens with zero attached hydrogens (tertiary/aromatic N) is 1. The zero-order chi connectivity index (χ0) is 11.6. The Balaban J connectivity index is 3.50. The van der Waals surface area contributed by atoms with Crippen LogP contribution in [0.1, 0.15) is 12.0 Å². The maximum absolute atomic E-state index is 12.4. The Labute approximate surface area is 81.6 Å². The summed E-state index contributed by atoms with van der Waals surface area (Å²) in [7, 11) is 1.07. The molecule has 0 saturated carbocycles. The van der Waals surface area contributed by atoms with Crippen LogP contribution in [-0.2, 0) is 0 Å². The van der Waals surface area contributed by atoms with Crippen molar-refractivity contribution in [2.45, 2.75) is 6.43 Å². The summed E-state index contributed by atoms with van der Waals surface area (Å²) in [5.74, 6) is -0.472. The second kappa shape index (κ2) is 4.03. The van der Waals surface area contributed by atoms with E-state index in [-0.39, 0.29) is 0 Å². The predicted molar refractivity (Wildman–Crippen MR) is 45.2 cm³/mol. The second-order valence-electron chi connectivity index (χ2n) is 2.51. The summed E-state index contributed by atoms with van der Waals surface area (Å²) in [4.78, 5) is 22.6. The van der Waals surface area contributed by atoms with Crippen LogP contribution in [0.25, 0.3) is 0 Å². The number of methoxy groups -OCH3 is 1. The van der Waals surface area contributed by atoms with E-state index in [4.69, 9.17) is 0 Å². The van der Waals surface area contributed by atoms with Gasteiger partial charge in [-0.25, -0.2) is 8.78 Å². The number of hydrogen-bond donors (Lipinski definition) is 1. The molecule has 0 unspecified atom stereocenters. The van der Waals surface area contributed by atoms with Gasteiger partial charge in [-0.1, -0.05) is 0 Å². The average molecular weight is 220 g/mol. The molecule has 82 valence electrons. The molecule has 0 amide bonds. The summed E-state index contributed by atoms with van der Waals surface area (Å²) in [6.07, 6.45) is -2.42. The largest absolute Gasteiger partial charge is 0.482 e. The van der Waals surface area contributed by atoms with E-state index in [1.165, 1.54) is 0 Å². The standard InChI is InChI=1S/C7H6F2N2O4/c1-15-7-4(6(8)9)5(12)3(2-10-7)11(13)14/h2,6H,1H3,(H,10,12). The van der Waals surface area contributed by atoms with E-state index in [1.807, 2.05) is 0 Å². The molecule has 1 aromatic heterocycles. The monoisotopic (exact) mass is 220 g/mol. The number of alkyl halides is 2. The van der Waals surface area contributed by atoms with Crippen molar-refractivity contribution in [3.8, 4) is 5.88 Å². The lowest BCUT2D eigenvalue weighted by molar-refractivity contribution is -0.386. The smallest absolute Gasteiger partial charge is 0.332 e. The number of nitro groups is 1. The minimum atomic E-state index is -3.14. The van der Waals surface area contributed by atoms with Gasteiger partial charge >= 0.3 is 5.69 Å². The minimum absolute atomic E-state index is 0.472. The van der Waals surface area contributed by atoms with Gasteiger partial charge in [0.25, 0.3) is 11.9 Å². The highest BCUT2D eigenvalue weighted by atomic mass is 19.3. The molecule has 0 bridgehead atoms. The molecule has 1 rings (SSSR count). The van der Waals surface area contributed by atoms with E-state index >= 15 is 0 Å². The first-order chi connectivity index (χ1) is 6.99. The van der Waals surface area contributed by atoms with Crippen LogP contribution < -0.4 is 10.2 Å². The molecule has 6 nitrogen and oxygen atoms in total. The molecule has 8 heteroatoms. The summed E-state index contributed by atoms with van der Waals surface area (Å²) in [5.41, 5.74) is -3.32. The van der Waals surface area contributed by atoms with Gasteiger partial charge < -0.3 is 9.72 Å². The van der Waals surface area contributed by atoms with Crippen molar-refractivity contribution in [3.63, 3.8) is 0 Å². The third-order valence-corrected chi connectivity index (χ3v) is 1.68. The van der Waals surface area contributed by atoms with Crippen molar-refractivity contribution >= 4 is 5.69 Å². The summed E-state index contributed by atoms with van der Waals surface area (Å²) in [6.45, 7) is 0. The molecule has 0 atom stereocenters. The third-order valence-electron chi connectivity index (χ3n) is 1.68. The lowest BCUT2D eigenvalue weighted by atomic mass is 10.2. The van der Waals surface area contributed by atoms with Gasteiger partial charge in [-0.15, -0.1) is 0 Å². The van der Waals surface area contributed by atoms with Crippen molar-refractivity contribution < 1.29 is 18.4 Å². The first-order valence-electron chi connectivity index (χ1n) is 3.71. The molecule has 1 N–H and O–H groups in total. The Bertz CT molecular complexity index is 443. The molecule has 0 aliphatic heterocycles. The number of aromatic amines is 1. The number of halogens is 2. The molecule has 0 spiro atoms. The lowest BCUT2D eigenvalue weighted by Crippen LogP contribution is -2.16. The van der Waals surface area contributed by atoms with Gasteiger partial charge in [0.15, 0.2) is 0 Å². The first kappa shape index (κ1) is 11.1. The quantitative estimate of drug-likeness (QED) is 0.613.